The van der Waals surface area contributed by atoms with Crippen molar-refractivity contribution in [1.29, 1.82) is 0 Å². The first kappa shape index (κ1) is 13.7. The number of carbonyl (C=O) groups is 1. The lowest BCUT2D eigenvalue weighted by atomic mass is 9.79. The van der Waals surface area contributed by atoms with Crippen LogP contribution in [0, 0.1) is 5.82 Å². The zero-order valence-electron chi connectivity index (χ0n) is 9.80. The van der Waals surface area contributed by atoms with E-state index < -0.39 is 12.9 Å². The molecule has 1 aromatic carbocycles. The Balaban J connectivity index is 3.08. The van der Waals surface area contributed by atoms with Gasteiger partial charge in [-0.25, -0.2) is 4.39 Å². The summed E-state index contributed by atoms with van der Waals surface area (Å²) in [5, 5.41) is 18.0. The molecule has 4 nitrogen and oxygen atoms in total. The first-order chi connectivity index (χ1) is 7.99. The van der Waals surface area contributed by atoms with Crippen LogP contribution < -0.4 is 5.46 Å². The Hall–Kier alpha value is -1.40. The van der Waals surface area contributed by atoms with E-state index in [1.165, 1.54) is 17.0 Å². The van der Waals surface area contributed by atoms with Crippen molar-refractivity contribution in [2.75, 3.05) is 6.54 Å². The van der Waals surface area contributed by atoms with Crippen molar-refractivity contribution in [3.05, 3.63) is 29.6 Å². The molecule has 0 saturated carbocycles. The lowest BCUT2D eigenvalue weighted by Crippen LogP contribution is -2.32. The van der Waals surface area contributed by atoms with Crippen LogP contribution in [-0.2, 0) is 4.79 Å². The van der Waals surface area contributed by atoms with Crippen LogP contribution in [0.1, 0.15) is 25.5 Å². The van der Waals surface area contributed by atoms with Gasteiger partial charge in [0.2, 0.25) is 6.41 Å². The number of halogens is 1. The summed E-state index contributed by atoms with van der Waals surface area (Å²) >= 11 is 0. The second-order valence-corrected chi connectivity index (χ2v) is 3.80. The number of carbonyl (C=O) groups excluding carboxylic acids is 1. The van der Waals surface area contributed by atoms with Gasteiger partial charge in [-0.05, 0) is 37.0 Å². The van der Waals surface area contributed by atoms with Gasteiger partial charge in [0.05, 0.1) is 6.04 Å². The molecular formula is C11H15BFNO3. The quantitative estimate of drug-likeness (QED) is 0.563. The third kappa shape index (κ3) is 3.28. The van der Waals surface area contributed by atoms with E-state index in [9.17, 15) is 9.18 Å². The topological polar surface area (TPSA) is 60.8 Å². The van der Waals surface area contributed by atoms with Gasteiger partial charge in [0.25, 0.3) is 0 Å². The van der Waals surface area contributed by atoms with Gasteiger partial charge in [0.1, 0.15) is 5.82 Å². The van der Waals surface area contributed by atoms with Gasteiger partial charge in [-0.15, -0.1) is 0 Å². The fourth-order valence-corrected chi connectivity index (χ4v) is 1.66. The zero-order chi connectivity index (χ0) is 13.0. The molecular weight excluding hydrogens is 224 g/mol. The SMILES string of the molecule is CCN(C=O)C(C)c1cc(F)cc(B(O)O)c1. The van der Waals surface area contributed by atoms with E-state index in [1.807, 2.05) is 6.92 Å². The van der Waals surface area contributed by atoms with Gasteiger partial charge in [-0.3, -0.25) is 4.79 Å². The number of amides is 1. The van der Waals surface area contributed by atoms with Crippen LogP contribution in [0.25, 0.3) is 0 Å². The van der Waals surface area contributed by atoms with Crippen molar-refractivity contribution in [1.82, 2.24) is 4.90 Å². The molecule has 0 heterocycles. The first-order valence-electron chi connectivity index (χ1n) is 5.37. The van der Waals surface area contributed by atoms with E-state index in [4.69, 9.17) is 10.0 Å². The average molecular weight is 239 g/mol. The molecule has 1 aromatic rings. The summed E-state index contributed by atoms with van der Waals surface area (Å²) in [6, 6.07) is 3.50. The molecule has 0 fully saturated rings. The molecule has 1 rings (SSSR count). The minimum absolute atomic E-state index is 0.0776. The maximum absolute atomic E-state index is 13.3. The molecule has 0 aliphatic heterocycles. The highest BCUT2D eigenvalue weighted by atomic mass is 19.1. The average Bonchev–Trinajstić information content (AvgIpc) is 2.29. The smallest absolute Gasteiger partial charge is 0.423 e. The first-order valence-corrected chi connectivity index (χ1v) is 5.37. The van der Waals surface area contributed by atoms with Crippen LogP contribution in [0.15, 0.2) is 18.2 Å². The summed E-state index contributed by atoms with van der Waals surface area (Å²) in [5.41, 5.74) is 0.607. The van der Waals surface area contributed by atoms with Gasteiger partial charge in [-0.1, -0.05) is 6.07 Å². The van der Waals surface area contributed by atoms with Crippen LogP contribution in [0.4, 0.5) is 4.39 Å². The molecule has 0 bridgehead atoms. The van der Waals surface area contributed by atoms with Crippen molar-refractivity contribution in [3.8, 4) is 0 Å². The normalized spacial score (nSPS) is 12.1. The van der Waals surface area contributed by atoms with Gasteiger partial charge in [0, 0.05) is 6.54 Å². The van der Waals surface area contributed by atoms with Crippen LogP contribution in [0.2, 0.25) is 0 Å². The number of hydrogen-bond acceptors (Lipinski definition) is 3. The standard InChI is InChI=1S/C11H15BFNO3/c1-3-14(7-15)8(2)9-4-10(12(16)17)6-11(13)5-9/h4-8,16-17H,3H2,1-2H3. The molecule has 92 valence electrons. The van der Waals surface area contributed by atoms with E-state index >= 15 is 0 Å². The highest BCUT2D eigenvalue weighted by Gasteiger charge is 2.18. The Morgan fingerprint density at radius 3 is 2.59 bits per heavy atom. The van der Waals surface area contributed by atoms with Crippen LogP contribution in [0.3, 0.4) is 0 Å². The second kappa shape index (κ2) is 5.79. The highest BCUT2D eigenvalue weighted by Crippen LogP contribution is 2.18. The van der Waals surface area contributed by atoms with Crippen molar-refractivity contribution < 1.29 is 19.2 Å². The van der Waals surface area contributed by atoms with Crippen LogP contribution in [-0.4, -0.2) is 35.0 Å². The second-order valence-electron chi connectivity index (χ2n) is 3.80. The maximum atomic E-state index is 13.3. The molecule has 0 spiro atoms. The van der Waals surface area contributed by atoms with E-state index in [2.05, 4.69) is 0 Å². The number of nitrogens with zero attached hydrogens (tertiary/aromatic N) is 1. The fourth-order valence-electron chi connectivity index (χ4n) is 1.66. The van der Waals surface area contributed by atoms with Gasteiger partial charge in [0.15, 0.2) is 0 Å². The predicted molar refractivity (Wildman–Crippen MR) is 63.1 cm³/mol. The van der Waals surface area contributed by atoms with E-state index in [-0.39, 0.29) is 11.5 Å². The van der Waals surface area contributed by atoms with Crippen molar-refractivity contribution in [2.45, 2.75) is 19.9 Å². The summed E-state index contributed by atoms with van der Waals surface area (Å²) in [7, 11) is -1.72. The Morgan fingerprint density at radius 1 is 1.47 bits per heavy atom. The summed E-state index contributed by atoms with van der Waals surface area (Å²) in [5.74, 6) is -0.556. The third-order valence-corrected chi connectivity index (χ3v) is 2.72. The lowest BCUT2D eigenvalue weighted by molar-refractivity contribution is -0.119. The number of hydrogen-bond donors (Lipinski definition) is 2. The van der Waals surface area contributed by atoms with Crippen molar-refractivity contribution in [3.63, 3.8) is 0 Å². The predicted octanol–water partition coefficient (Wildman–Crippen LogP) is 0.0448. The fraction of sp³-hybridized carbons (Fsp3) is 0.364. The molecule has 0 aromatic heterocycles. The molecule has 0 aliphatic rings. The summed E-state index contributed by atoms with van der Waals surface area (Å²) in [6.07, 6.45) is 0.685. The Bertz CT molecular complexity index is 400. The van der Waals surface area contributed by atoms with Crippen LogP contribution in [0.5, 0.6) is 0 Å². The molecule has 1 amide bonds. The van der Waals surface area contributed by atoms with Gasteiger partial charge < -0.3 is 14.9 Å². The van der Waals surface area contributed by atoms with Crippen molar-refractivity contribution >= 4 is 19.0 Å². The molecule has 1 unspecified atom stereocenters. The Morgan fingerprint density at radius 2 is 2.12 bits per heavy atom. The summed E-state index contributed by atoms with van der Waals surface area (Å²) in [4.78, 5) is 12.3. The van der Waals surface area contributed by atoms with Crippen LogP contribution >= 0.6 is 0 Å². The zero-order valence-corrected chi connectivity index (χ0v) is 9.80. The summed E-state index contributed by atoms with van der Waals surface area (Å²) < 4.78 is 13.3. The minimum Gasteiger partial charge on any atom is -0.423 e. The maximum Gasteiger partial charge on any atom is 0.488 e. The largest absolute Gasteiger partial charge is 0.488 e. The molecule has 6 heteroatoms. The number of benzene rings is 1. The van der Waals surface area contributed by atoms with E-state index in [0.29, 0.717) is 18.5 Å². The molecule has 1 atom stereocenters. The van der Waals surface area contributed by atoms with Gasteiger partial charge >= 0.3 is 7.12 Å². The van der Waals surface area contributed by atoms with E-state index in [0.717, 1.165) is 6.07 Å². The lowest BCUT2D eigenvalue weighted by Gasteiger charge is -2.24. The molecule has 0 radical (unpaired) electrons. The number of rotatable bonds is 5. The molecule has 0 aliphatic carbocycles. The molecule has 17 heavy (non-hydrogen) atoms. The Labute approximate surface area is 99.8 Å². The Kier molecular flexibility index (Phi) is 4.66. The highest BCUT2D eigenvalue weighted by molar-refractivity contribution is 6.58. The molecule has 0 saturated heterocycles. The third-order valence-electron chi connectivity index (χ3n) is 2.72. The van der Waals surface area contributed by atoms with Gasteiger partial charge in [-0.2, -0.15) is 0 Å². The van der Waals surface area contributed by atoms with Crippen molar-refractivity contribution in [2.24, 2.45) is 0 Å². The monoisotopic (exact) mass is 239 g/mol. The molecule has 2 N–H and O–H groups in total. The minimum atomic E-state index is -1.72. The summed E-state index contributed by atoms with van der Waals surface area (Å²) in [6.45, 7) is 4.06. The van der Waals surface area contributed by atoms with E-state index in [1.54, 1.807) is 6.92 Å².